The van der Waals surface area contributed by atoms with Crippen molar-refractivity contribution in [1.29, 1.82) is 0 Å². The third kappa shape index (κ3) is 4.46. The molecular formula is C24H24N2O3. The van der Waals surface area contributed by atoms with E-state index in [0.717, 1.165) is 11.1 Å². The summed E-state index contributed by atoms with van der Waals surface area (Å²) in [5.41, 5.74) is 8.00. The highest BCUT2D eigenvalue weighted by Gasteiger charge is 2.43. The van der Waals surface area contributed by atoms with Gasteiger partial charge in [0.2, 0.25) is 0 Å². The Balaban J connectivity index is 2.09. The predicted octanol–water partition coefficient (Wildman–Crippen LogP) is 3.62. The Morgan fingerprint density at radius 3 is 2.14 bits per heavy atom. The van der Waals surface area contributed by atoms with Crippen LogP contribution in [0.4, 0.5) is 5.69 Å². The van der Waals surface area contributed by atoms with Gasteiger partial charge >= 0.3 is 5.97 Å². The molecule has 0 unspecified atom stereocenters. The fourth-order valence-corrected chi connectivity index (χ4v) is 3.27. The molecule has 0 radical (unpaired) electrons. The summed E-state index contributed by atoms with van der Waals surface area (Å²) in [6.07, 6.45) is 0.238. The van der Waals surface area contributed by atoms with E-state index in [0.29, 0.717) is 16.8 Å². The zero-order valence-electron chi connectivity index (χ0n) is 16.5. The zero-order valence-corrected chi connectivity index (χ0v) is 16.5. The van der Waals surface area contributed by atoms with Gasteiger partial charge in [-0.15, -0.1) is 0 Å². The molecule has 0 saturated heterocycles. The number of esters is 1. The number of ether oxygens (including phenoxy) is 1. The number of aryl methyl sites for hydroxylation is 1. The first-order valence-electron chi connectivity index (χ1n) is 9.32. The third-order valence-corrected chi connectivity index (χ3v) is 4.89. The molecule has 29 heavy (non-hydrogen) atoms. The van der Waals surface area contributed by atoms with Gasteiger partial charge < -0.3 is 15.8 Å². The number of carbonyl (C=O) groups is 2. The van der Waals surface area contributed by atoms with Crippen LogP contribution in [0.2, 0.25) is 0 Å². The molecule has 0 aromatic heterocycles. The molecule has 0 aliphatic heterocycles. The molecule has 148 valence electrons. The number of benzene rings is 3. The SMILES string of the molecule is COC(=O)[C@](Cc1ccccc1)(NC(=O)c1ccc(C)cc1)c1ccc(N)cc1. The molecular weight excluding hydrogens is 364 g/mol. The maximum absolute atomic E-state index is 13.1. The summed E-state index contributed by atoms with van der Waals surface area (Å²) in [4.78, 5) is 26.2. The molecule has 0 saturated carbocycles. The molecule has 0 spiro atoms. The number of nitrogen functional groups attached to an aromatic ring is 1. The van der Waals surface area contributed by atoms with Gasteiger partial charge in [0, 0.05) is 17.7 Å². The highest BCUT2D eigenvalue weighted by Crippen LogP contribution is 2.29. The van der Waals surface area contributed by atoms with E-state index in [2.05, 4.69) is 5.32 Å². The lowest BCUT2D eigenvalue weighted by molar-refractivity contribution is -0.148. The van der Waals surface area contributed by atoms with Gasteiger partial charge in [-0.2, -0.15) is 0 Å². The lowest BCUT2D eigenvalue weighted by Gasteiger charge is -2.33. The van der Waals surface area contributed by atoms with Crippen molar-refractivity contribution in [3.63, 3.8) is 0 Å². The van der Waals surface area contributed by atoms with Gasteiger partial charge in [0.15, 0.2) is 5.54 Å². The number of carbonyl (C=O) groups excluding carboxylic acids is 2. The largest absolute Gasteiger partial charge is 0.467 e. The van der Waals surface area contributed by atoms with Crippen LogP contribution in [0.15, 0.2) is 78.9 Å². The summed E-state index contributed by atoms with van der Waals surface area (Å²) in [5, 5.41) is 2.95. The van der Waals surface area contributed by atoms with Gasteiger partial charge in [0.1, 0.15) is 0 Å². The second-order valence-electron chi connectivity index (χ2n) is 7.00. The van der Waals surface area contributed by atoms with Crippen LogP contribution in [-0.2, 0) is 21.5 Å². The van der Waals surface area contributed by atoms with Gasteiger partial charge in [-0.05, 0) is 42.3 Å². The first-order chi connectivity index (χ1) is 13.9. The molecule has 0 aliphatic carbocycles. The summed E-state index contributed by atoms with van der Waals surface area (Å²) < 4.78 is 5.14. The number of amides is 1. The lowest BCUT2D eigenvalue weighted by atomic mass is 9.83. The lowest BCUT2D eigenvalue weighted by Crippen LogP contribution is -2.54. The van der Waals surface area contributed by atoms with Crippen LogP contribution in [0.1, 0.15) is 27.0 Å². The first kappa shape index (κ1) is 20.1. The maximum atomic E-state index is 13.1. The van der Waals surface area contributed by atoms with E-state index in [-0.39, 0.29) is 12.3 Å². The fraction of sp³-hybridized carbons (Fsp3) is 0.167. The van der Waals surface area contributed by atoms with Crippen molar-refractivity contribution >= 4 is 17.6 Å². The van der Waals surface area contributed by atoms with Crippen molar-refractivity contribution in [2.75, 3.05) is 12.8 Å². The Hall–Kier alpha value is -3.60. The Bertz CT molecular complexity index is 983. The molecule has 0 aliphatic rings. The molecule has 0 bridgehead atoms. The number of hydrogen-bond donors (Lipinski definition) is 2. The number of methoxy groups -OCH3 is 1. The van der Waals surface area contributed by atoms with E-state index in [9.17, 15) is 9.59 Å². The molecule has 3 rings (SSSR count). The van der Waals surface area contributed by atoms with Gasteiger partial charge in [0.05, 0.1) is 7.11 Å². The average molecular weight is 388 g/mol. The molecule has 0 heterocycles. The minimum Gasteiger partial charge on any atom is -0.467 e. The second-order valence-corrected chi connectivity index (χ2v) is 7.00. The van der Waals surface area contributed by atoms with Crippen LogP contribution >= 0.6 is 0 Å². The normalized spacial score (nSPS) is 12.6. The number of nitrogens with two attached hydrogens (primary N) is 1. The van der Waals surface area contributed by atoms with Crippen molar-refractivity contribution in [2.24, 2.45) is 0 Å². The van der Waals surface area contributed by atoms with Crippen LogP contribution in [0.25, 0.3) is 0 Å². The van der Waals surface area contributed by atoms with Crippen LogP contribution < -0.4 is 11.1 Å². The Kier molecular flexibility index (Phi) is 5.98. The van der Waals surface area contributed by atoms with Crippen LogP contribution in [-0.4, -0.2) is 19.0 Å². The fourth-order valence-electron chi connectivity index (χ4n) is 3.27. The first-order valence-corrected chi connectivity index (χ1v) is 9.32. The van der Waals surface area contributed by atoms with E-state index in [1.807, 2.05) is 49.4 Å². The van der Waals surface area contributed by atoms with Crippen molar-refractivity contribution < 1.29 is 14.3 Å². The number of anilines is 1. The summed E-state index contributed by atoms with van der Waals surface area (Å²) in [5.74, 6) is -0.908. The minimum absolute atomic E-state index is 0.238. The van der Waals surface area contributed by atoms with E-state index in [1.165, 1.54) is 7.11 Å². The molecule has 1 atom stereocenters. The summed E-state index contributed by atoms with van der Waals surface area (Å²) in [7, 11) is 1.32. The molecule has 3 N–H and O–H groups in total. The van der Waals surface area contributed by atoms with Gasteiger partial charge in [-0.3, -0.25) is 4.79 Å². The minimum atomic E-state index is -1.40. The van der Waals surface area contributed by atoms with Crippen LogP contribution in [0.5, 0.6) is 0 Å². The Labute approximate surface area is 170 Å². The summed E-state index contributed by atoms with van der Waals surface area (Å²) in [6, 6.07) is 23.6. The maximum Gasteiger partial charge on any atom is 0.336 e. The predicted molar refractivity (Wildman–Crippen MR) is 113 cm³/mol. The van der Waals surface area contributed by atoms with Crippen molar-refractivity contribution in [3.05, 3.63) is 101 Å². The number of hydrogen-bond acceptors (Lipinski definition) is 4. The molecule has 5 nitrogen and oxygen atoms in total. The van der Waals surface area contributed by atoms with Gasteiger partial charge in [-0.1, -0.05) is 60.2 Å². The highest BCUT2D eigenvalue weighted by molar-refractivity contribution is 5.98. The number of rotatable bonds is 6. The summed E-state index contributed by atoms with van der Waals surface area (Å²) in [6.45, 7) is 1.95. The van der Waals surface area contributed by atoms with Crippen molar-refractivity contribution in [3.8, 4) is 0 Å². The monoisotopic (exact) mass is 388 g/mol. The average Bonchev–Trinajstić information content (AvgIpc) is 2.74. The topological polar surface area (TPSA) is 81.4 Å². The molecule has 3 aromatic rings. The van der Waals surface area contributed by atoms with E-state index in [4.69, 9.17) is 10.5 Å². The molecule has 3 aromatic carbocycles. The van der Waals surface area contributed by atoms with Gasteiger partial charge in [0.25, 0.3) is 5.91 Å². The van der Waals surface area contributed by atoms with Crippen LogP contribution in [0.3, 0.4) is 0 Å². The smallest absolute Gasteiger partial charge is 0.336 e. The highest BCUT2D eigenvalue weighted by atomic mass is 16.5. The van der Waals surface area contributed by atoms with E-state index in [1.54, 1.807) is 36.4 Å². The quantitative estimate of drug-likeness (QED) is 0.499. The third-order valence-electron chi connectivity index (χ3n) is 4.89. The molecule has 1 amide bonds. The summed E-state index contributed by atoms with van der Waals surface area (Å²) >= 11 is 0. The van der Waals surface area contributed by atoms with Crippen LogP contribution in [0, 0.1) is 6.92 Å². The molecule has 0 fully saturated rings. The zero-order chi connectivity index (χ0) is 20.9. The second kappa shape index (κ2) is 8.61. The molecule has 5 heteroatoms. The van der Waals surface area contributed by atoms with Crippen molar-refractivity contribution in [1.82, 2.24) is 5.32 Å². The standard InChI is InChI=1S/C24H24N2O3/c1-17-8-10-19(11-9-17)22(27)26-24(23(28)29-2,16-18-6-4-3-5-7-18)20-12-14-21(25)15-13-20/h3-15H,16,25H2,1-2H3,(H,26,27)/t24-/m1/s1. The Morgan fingerprint density at radius 1 is 0.931 bits per heavy atom. The Morgan fingerprint density at radius 2 is 1.55 bits per heavy atom. The van der Waals surface area contributed by atoms with E-state index >= 15 is 0 Å². The van der Waals surface area contributed by atoms with Crippen molar-refractivity contribution in [2.45, 2.75) is 18.9 Å². The van der Waals surface area contributed by atoms with E-state index < -0.39 is 11.5 Å². The van der Waals surface area contributed by atoms with Gasteiger partial charge in [-0.25, -0.2) is 4.79 Å². The number of nitrogens with one attached hydrogen (secondary N) is 1.